The third-order valence-corrected chi connectivity index (χ3v) is 3.44. The van der Waals surface area contributed by atoms with Crippen molar-refractivity contribution in [3.05, 3.63) is 40.8 Å². The number of anilines is 2. The van der Waals surface area contributed by atoms with Gasteiger partial charge < -0.3 is 5.32 Å². The molecule has 4 nitrogen and oxygen atoms in total. The zero-order valence-electron chi connectivity index (χ0n) is 9.32. The van der Waals surface area contributed by atoms with E-state index in [2.05, 4.69) is 15.4 Å². The standard InChI is InChI=1S/C11H8ClFN4S/c1-6-4-10-15-11(18-17(10)16-6)14-7-2-3-9(13)8(12)5-7/h2-5H,1H3,(H,14,15). The minimum Gasteiger partial charge on any atom is -0.330 e. The predicted octanol–water partition coefficient (Wildman–Crippen LogP) is 3.64. The van der Waals surface area contributed by atoms with Crippen LogP contribution in [0.1, 0.15) is 5.69 Å². The van der Waals surface area contributed by atoms with E-state index in [0.29, 0.717) is 10.8 Å². The van der Waals surface area contributed by atoms with Gasteiger partial charge in [-0.15, -0.1) is 0 Å². The van der Waals surface area contributed by atoms with Crippen LogP contribution in [0.2, 0.25) is 5.02 Å². The van der Waals surface area contributed by atoms with Gasteiger partial charge in [-0.1, -0.05) is 11.6 Å². The van der Waals surface area contributed by atoms with Crippen LogP contribution in [0.25, 0.3) is 5.65 Å². The zero-order chi connectivity index (χ0) is 12.7. The molecule has 0 spiro atoms. The van der Waals surface area contributed by atoms with Gasteiger partial charge in [0.2, 0.25) is 5.13 Å². The highest BCUT2D eigenvalue weighted by Crippen LogP contribution is 2.25. The van der Waals surface area contributed by atoms with Crippen molar-refractivity contribution < 1.29 is 4.39 Å². The fraction of sp³-hybridized carbons (Fsp3) is 0.0909. The van der Waals surface area contributed by atoms with Crippen LogP contribution in [-0.4, -0.2) is 14.0 Å². The lowest BCUT2D eigenvalue weighted by Crippen LogP contribution is -1.89. The van der Waals surface area contributed by atoms with Crippen LogP contribution in [0, 0.1) is 12.7 Å². The Kier molecular flexibility index (Phi) is 2.68. The number of rotatable bonds is 2. The van der Waals surface area contributed by atoms with Crippen molar-refractivity contribution in [1.29, 1.82) is 0 Å². The lowest BCUT2D eigenvalue weighted by molar-refractivity contribution is 0.628. The van der Waals surface area contributed by atoms with Crippen molar-refractivity contribution in [3.63, 3.8) is 0 Å². The smallest absolute Gasteiger partial charge is 0.207 e. The molecule has 0 radical (unpaired) electrons. The van der Waals surface area contributed by atoms with E-state index in [-0.39, 0.29) is 5.02 Å². The molecule has 0 saturated heterocycles. The Morgan fingerprint density at radius 1 is 1.39 bits per heavy atom. The summed E-state index contributed by atoms with van der Waals surface area (Å²) in [6, 6.07) is 6.33. The first-order valence-electron chi connectivity index (χ1n) is 5.17. The largest absolute Gasteiger partial charge is 0.330 e. The van der Waals surface area contributed by atoms with Crippen molar-refractivity contribution in [1.82, 2.24) is 14.0 Å². The molecule has 92 valence electrons. The maximum absolute atomic E-state index is 13.0. The number of halogens is 2. The normalized spacial score (nSPS) is 11.1. The van der Waals surface area contributed by atoms with Gasteiger partial charge in [-0.3, -0.25) is 0 Å². The molecule has 1 N–H and O–H groups in total. The molecule has 3 rings (SSSR count). The first-order valence-corrected chi connectivity index (χ1v) is 6.33. The summed E-state index contributed by atoms with van der Waals surface area (Å²) in [4.78, 5) is 4.35. The van der Waals surface area contributed by atoms with E-state index in [1.807, 2.05) is 13.0 Å². The summed E-state index contributed by atoms with van der Waals surface area (Å²) in [7, 11) is 0. The van der Waals surface area contributed by atoms with Gasteiger partial charge in [-0.05, 0) is 25.1 Å². The van der Waals surface area contributed by atoms with E-state index in [0.717, 1.165) is 11.3 Å². The van der Waals surface area contributed by atoms with E-state index < -0.39 is 5.82 Å². The number of fused-ring (bicyclic) bond motifs is 1. The summed E-state index contributed by atoms with van der Waals surface area (Å²) in [6.07, 6.45) is 0. The van der Waals surface area contributed by atoms with Gasteiger partial charge in [-0.2, -0.15) is 14.0 Å². The number of nitrogens with zero attached hydrogens (tertiary/aromatic N) is 3. The molecule has 0 fully saturated rings. The number of aryl methyl sites for hydroxylation is 1. The molecule has 0 saturated carbocycles. The Hall–Kier alpha value is -1.66. The van der Waals surface area contributed by atoms with E-state index in [1.165, 1.54) is 23.7 Å². The number of benzene rings is 1. The Morgan fingerprint density at radius 3 is 2.94 bits per heavy atom. The number of nitrogens with one attached hydrogen (secondary N) is 1. The summed E-state index contributed by atoms with van der Waals surface area (Å²) in [5, 5.41) is 8.08. The topological polar surface area (TPSA) is 42.2 Å². The summed E-state index contributed by atoms with van der Waals surface area (Å²) in [5.41, 5.74) is 2.40. The average Bonchev–Trinajstić information content (AvgIpc) is 2.80. The third-order valence-electron chi connectivity index (χ3n) is 2.34. The van der Waals surface area contributed by atoms with Crippen LogP contribution in [0.3, 0.4) is 0 Å². The highest BCUT2D eigenvalue weighted by molar-refractivity contribution is 7.10. The molecule has 0 atom stereocenters. The van der Waals surface area contributed by atoms with Crippen LogP contribution in [0.4, 0.5) is 15.2 Å². The van der Waals surface area contributed by atoms with Gasteiger partial charge in [0, 0.05) is 23.3 Å². The lowest BCUT2D eigenvalue weighted by Gasteiger charge is -2.02. The minimum absolute atomic E-state index is 0.0807. The van der Waals surface area contributed by atoms with Crippen LogP contribution in [0.5, 0.6) is 0 Å². The van der Waals surface area contributed by atoms with Gasteiger partial charge in [0.1, 0.15) is 5.82 Å². The number of hydrogen-bond donors (Lipinski definition) is 1. The second-order valence-corrected chi connectivity index (χ2v) is 5.10. The SMILES string of the molecule is Cc1cc2nc(Nc3ccc(F)c(Cl)c3)sn2n1. The first kappa shape index (κ1) is 11.4. The summed E-state index contributed by atoms with van der Waals surface area (Å²) in [6.45, 7) is 1.91. The molecule has 0 aliphatic heterocycles. The van der Waals surface area contributed by atoms with Crippen molar-refractivity contribution in [3.8, 4) is 0 Å². The van der Waals surface area contributed by atoms with Gasteiger partial charge in [0.05, 0.1) is 10.7 Å². The molecule has 18 heavy (non-hydrogen) atoms. The highest BCUT2D eigenvalue weighted by atomic mass is 35.5. The molecule has 0 bridgehead atoms. The third kappa shape index (κ3) is 2.04. The molecule has 2 heterocycles. The fourth-order valence-electron chi connectivity index (χ4n) is 1.56. The van der Waals surface area contributed by atoms with Crippen molar-refractivity contribution in [2.45, 2.75) is 6.92 Å². The fourth-order valence-corrected chi connectivity index (χ4v) is 2.56. The van der Waals surface area contributed by atoms with Crippen LogP contribution in [-0.2, 0) is 0 Å². The molecular formula is C11H8ClFN4S. The molecule has 7 heteroatoms. The highest BCUT2D eigenvalue weighted by Gasteiger charge is 2.07. The minimum atomic E-state index is -0.438. The van der Waals surface area contributed by atoms with Gasteiger partial charge >= 0.3 is 0 Å². The lowest BCUT2D eigenvalue weighted by atomic mass is 10.3. The molecular weight excluding hydrogens is 275 g/mol. The van der Waals surface area contributed by atoms with E-state index >= 15 is 0 Å². The molecule has 0 aliphatic rings. The predicted molar refractivity (Wildman–Crippen MR) is 70.3 cm³/mol. The summed E-state index contributed by atoms with van der Waals surface area (Å²) >= 11 is 7.08. The van der Waals surface area contributed by atoms with Crippen molar-refractivity contribution in [2.24, 2.45) is 0 Å². The molecule has 0 unspecified atom stereocenters. The summed E-state index contributed by atoms with van der Waals surface area (Å²) in [5.74, 6) is -0.438. The molecule has 3 aromatic rings. The summed E-state index contributed by atoms with van der Waals surface area (Å²) < 4.78 is 14.7. The quantitative estimate of drug-likeness (QED) is 0.780. The monoisotopic (exact) mass is 282 g/mol. The number of aromatic nitrogens is 3. The zero-order valence-corrected chi connectivity index (χ0v) is 10.9. The van der Waals surface area contributed by atoms with Crippen molar-refractivity contribution >= 4 is 39.6 Å². The number of hydrogen-bond acceptors (Lipinski definition) is 4. The van der Waals surface area contributed by atoms with Crippen LogP contribution < -0.4 is 5.32 Å². The van der Waals surface area contributed by atoms with E-state index in [4.69, 9.17) is 11.6 Å². The second kappa shape index (κ2) is 4.22. The van der Waals surface area contributed by atoms with Crippen molar-refractivity contribution in [2.75, 3.05) is 5.32 Å². The van der Waals surface area contributed by atoms with Crippen LogP contribution in [0.15, 0.2) is 24.3 Å². The Bertz CT molecular complexity index is 689. The van der Waals surface area contributed by atoms with E-state index in [1.54, 1.807) is 9.97 Å². The Balaban J connectivity index is 1.90. The maximum Gasteiger partial charge on any atom is 0.207 e. The first-order chi connectivity index (χ1) is 8.61. The van der Waals surface area contributed by atoms with Crippen LogP contribution >= 0.6 is 23.1 Å². The average molecular weight is 283 g/mol. The Morgan fingerprint density at radius 2 is 2.22 bits per heavy atom. The molecule has 0 amide bonds. The van der Waals surface area contributed by atoms with Gasteiger partial charge in [-0.25, -0.2) is 4.39 Å². The van der Waals surface area contributed by atoms with E-state index in [9.17, 15) is 4.39 Å². The molecule has 1 aromatic carbocycles. The molecule has 2 aromatic heterocycles. The van der Waals surface area contributed by atoms with Gasteiger partial charge in [0.25, 0.3) is 0 Å². The maximum atomic E-state index is 13.0. The second-order valence-electron chi connectivity index (χ2n) is 3.78. The molecule has 0 aliphatic carbocycles. The Labute approximate surface area is 111 Å². The van der Waals surface area contributed by atoms with Gasteiger partial charge in [0.15, 0.2) is 5.65 Å².